The average Bonchev–Trinajstić information content (AvgIpc) is 2.76. The molecule has 0 saturated heterocycles. The minimum atomic E-state index is 0.529. The van der Waals surface area contributed by atoms with Crippen molar-refractivity contribution in [3.05, 3.63) is 40.3 Å². The van der Waals surface area contributed by atoms with Gasteiger partial charge in [-0.25, -0.2) is 4.98 Å². The van der Waals surface area contributed by atoms with E-state index in [1.54, 1.807) is 6.20 Å². The first-order valence-electron chi connectivity index (χ1n) is 6.09. The van der Waals surface area contributed by atoms with Crippen LogP contribution < -0.4 is 5.73 Å². The lowest BCUT2D eigenvalue weighted by Crippen LogP contribution is -2.05. The van der Waals surface area contributed by atoms with Gasteiger partial charge in [-0.05, 0) is 25.5 Å². The Morgan fingerprint density at radius 1 is 1.33 bits per heavy atom. The second-order valence-corrected chi connectivity index (χ2v) is 4.61. The van der Waals surface area contributed by atoms with E-state index in [-0.39, 0.29) is 0 Å². The first-order chi connectivity index (χ1) is 8.63. The van der Waals surface area contributed by atoms with Crippen LogP contribution in [0.2, 0.25) is 5.02 Å². The molecule has 0 aromatic carbocycles. The lowest BCUT2D eigenvalue weighted by molar-refractivity contribution is 0.621. The summed E-state index contributed by atoms with van der Waals surface area (Å²) >= 11 is 5.95. The summed E-state index contributed by atoms with van der Waals surface area (Å²) in [4.78, 5) is 4.07. The molecule has 2 N–H and O–H groups in total. The number of nitrogen functional groups attached to an aromatic ring is 1. The van der Waals surface area contributed by atoms with Crippen LogP contribution in [0.4, 0.5) is 5.82 Å². The topological polar surface area (TPSA) is 56.7 Å². The van der Waals surface area contributed by atoms with Crippen LogP contribution in [0.3, 0.4) is 0 Å². The fraction of sp³-hybridized carbons (Fsp3) is 0.385. The zero-order chi connectivity index (χ0) is 13.1. The molecule has 0 spiro atoms. The van der Waals surface area contributed by atoms with Gasteiger partial charge in [0.05, 0.1) is 10.7 Å². The number of hydrogen-bond donors (Lipinski definition) is 1. The SMILES string of the molecule is CCc1cc(Cc2cc(Cl)cnc2N)n(CC)n1. The minimum Gasteiger partial charge on any atom is -0.383 e. The molecule has 5 heteroatoms. The summed E-state index contributed by atoms with van der Waals surface area (Å²) in [6.07, 6.45) is 3.21. The van der Waals surface area contributed by atoms with E-state index in [0.29, 0.717) is 17.3 Å². The molecule has 0 atom stereocenters. The third-order valence-corrected chi connectivity index (χ3v) is 3.12. The summed E-state index contributed by atoms with van der Waals surface area (Å²) in [5, 5.41) is 5.13. The zero-order valence-corrected chi connectivity index (χ0v) is 11.4. The van der Waals surface area contributed by atoms with Gasteiger partial charge < -0.3 is 5.73 Å². The van der Waals surface area contributed by atoms with Crippen LogP contribution >= 0.6 is 11.6 Å². The second-order valence-electron chi connectivity index (χ2n) is 4.17. The van der Waals surface area contributed by atoms with Gasteiger partial charge in [0.25, 0.3) is 0 Å². The summed E-state index contributed by atoms with van der Waals surface area (Å²) in [6, 6.07) is 3.98. The van der Waals surface area contributed by atoms with Crippen LogP contribution in [0, 0.1) is 0 Å². The lowest BCUT2D eigenvalue weighted by atomic mass is 10.1. The highest BCUT2D eigenvalue weighted by molar-refractivity contribution is 6.30. The standard InChI is InChI=1S/C13H17ClN4/c1-3-11-7-12(18(4-2)17-11)6-9-5-10(14)8-16-13(9)15/h5,7-8H,3-4,6H2,1-2H3,(H2,15,16). The van der Waals surface area contributed by atoms with E-state index < -0.39 is 0 Å². The predicted octanol–water partition coefficient (Wildman–Crippen LogP) is 2.69. The molecule has 18 heavy (non-hydrogen) atoms. The molecule has 0 aliphatic heterocycles. The normalized spacial score (nSPS) is 10.8. The van der Waals surface area contributed by atoms with Gasteiger partial charge in [0.2, 0.25) is 0 Å². The number of rotatable bonds is 4. The Labute approximate surface area is 112 Å². The Balaban J connectivity index is 2.32. The van der Waals surface area contributed by atoms with Crippen molar-refractivity contribution >= 4 is 17.4 Å². The lowest BCUT2D eigenvalue weighted by Gasteiger charge is -2.07. The van der Waals surface area contributed by atoms with Crippen molar-refractivity contribution in [2.75, 3.05) is 5.73 Å². The van der Waals surface area contributed by atoms with Gasteiger partial charge in [-0.3, -0.25) is 4.68 Å². The van der Waals surface area contributed by atoms with Gasteiger partial charge in [0, 0.05) is 30.4 Å². The highest BCUT2D eigenvalue weighted by atomic mass is 35.5. The molecule has 2 rings (SSSR count). The second kappa shape index (κ2) is 5.40. The van der Waals surface area contributed by atoms with Crippen LogP contribution in [0.25, 0.3) is 0 Å². The molecule has 0 unspecified atom stereocenters. The Morgan fingerprint density at radius 3 is 2.78 bits per heavy atom. The maximum atomic E-state index is 5.95. The zero-order valence-electron chi connectivity index (χ0n) is 10.7. The molecule has 2 aromatic heterocycles. The first-order valence-corrected chi connectivity index (χ1v) is 6.47. The molecule has 0 saturated carbocycles. The fourth-order valence-corrected chi connectivity index (χ4v) is 2.11. The fourth-order valence-electron chi connectivity index (χ4n) is 1.93. The molecule has 2 heterocycles. The summed E-state index contributed by atoms with van der Waals surface area (Å²) in [7, 11) is 0. The highest BCUT2D eigenvalue weighted by Crippen LogP contribution is 2.19. The number of pyridine rings is 1. The maximum Gasteiger partial charge on any atom is 0.127 e. The molecule has 0 fully saturated rings. The van der Waals surface area contributed by atoms with Crippen molar-refractivity contribution in [3.63, 3.8) is 0 Å². The quantitative estimate of drug-likeness (QED) is 0.924. The van der Waals surface area contributed by atoms with E-state index in [2.05, 4.69) is 30.0 Å². The number of nitrogens with two attached hydrogens (primary N) is 1. The molecule has 0 amide bonds. The van der Waals surface area contributed by atoms with Crippen molar-refractivity contribution in [1.29, 1.82) is 0 Å². The number of hydrogen-bond acceptors (Lipinski definition) is 3. The minimum absolute atomic E-state index is 0.529. The van der Waals surface area contributed by atoms with E-state index in [0.717, 1.165) is 29.9 Å². The molecule has 0 aliphatic carbocycles. The number of anilines is 1. The summed E-state index contributed by atoms with van der Waals surface area (Å²) in [6.45, 7) is 5.03. The largest absolute Gasteiger partial charge is 0.383 e. The number of aromatic nitrogens is 3. The van der Waals surface area contributed by atoms with E-state index >= 15 is 0 Å². The number of nitrogens with zero attached hydrogens (tertiary/aromatic N) is 3. The van der Waals surface area contributed by atoms with Crippen molar-refractivity contribution in [2.24, 2.45) is 0 Å². The van der Waals surface area contributed by atoms with E-state index in [1.807, 2.05) is 10.7 Å². The van der Waals surface area contributed by atoms with E-state index in [1.165, 1.54) is 0 Å². The van der Waals surface area contributed by atoms with Gasteiger partial charge in [0.1, 0.15) is 5.82 Å². The third-order valence-electron chi connectivity index (χ3n) is 2.92. The number of aryl methyl sites for hydroxylation is 2. The van der Waals surface area contributed by atoms with Crippen LogP contribution in [-0.4, -0.2) is 14.8 Å². The molecular weight excluding hydrogens is 248 g/mol. The first kappa shape index (κ1) is 12.9. The van der Waals surface area contributed by atoms with Crippen molar-refractivity contribution in [3.8, 4) is 0 Å². The molecule has 0 aliphatic rings. The van der Waals surface area contributed by atoms with Gasteiger partial charge >= 0.3 is 0 Å². The highest BCUT2D eigenvalue weighted by Gasteiger charge is 2.09. The maximum absolute atomic E-state index is 5.95. The van der Waals surface area contributed by atoms with Crippen LogP contribution in [-0.2, 0) is 19.4 Å². The molecule has 2 aromatic rings. The summed E-state index contributed by atoms with van der Waals surface area (Å²) in [5.41, 5.74) is 9.05. The Bertz CT molecular complexity index is 548. The molecule has 96 valence electrons. The molecule has 0 bridgehead atoms. The Morgan fingerprint density at radius 2 is 2.11 bits per heavy atom. The van der Waals surface area contributed by atoms with Crippen LogP contribution in [0.5, 0.6) is 0 Å². The van der Waals surface area contributed by atoms with Gasteiger partial charge in [0.15, 0.2) is 0 Å². The predicted molar refractivity (Wildman–Crippen MR) is 73.7 cm³/mol. The van der Waals surface area contributed by atoms with Gasteiger partial charge in [-0.15, -0.1) is 0 Å². The average molecular weight is 265 g/mol. The van der Waals surface area contributed by atoms with Crippen LogP contribution in [0.15, 0.2) is 18.3 Å². The Hall–Kier alpha value is -1.55. The molecule has 0 radical (unpaired) electrons. The monoisotopic (exact) mass is 264 g/mol. The van der Waals surface area contributed by atoms with Crippen molar-refractivity contribution in [1.82, 2.24) is 14.8 Å². The third kappa shape index (κ3) is 2.64. The van der Waals surface area contributed by atoms with E-state index in [9.17, 15) is 0 Å². The molecule has 4 nitrogen and oxygen atoms in total. The van der Waals surface area contributed by atoms with Crippen molar-refractivity contribution < 1.29 is 0 Å². The molecular formula is C13H17ClN4. The summed E-state index contributed by atoms with van der Waals surface area (Å²) in [5.74, 6) is 0.529. The smallest absolute Gasteiger partial charge is 0.127 e. The van der Waals surface area contributed by atoms with E-state index in [4.69, 9.17) is 17.3 Å². The van der Waals surface area contributed by atoms with Gasteiger partial charge in [-0.1, -0.05) is 18.5 Å². The number of halogens is 1. The van der Waals surface area contributed by atoms with Crippen molar-refractivity contribution in [2.45, 2.75) is 33.2 Å². The van der Waals surface area contributed by atoms with Gasteiger partial charge in [-0.2, -0.15) is 5.10 Å². The summed E-state index contributed by atoms with van der Waals surface area (Å²) < 4.78 is 2.00. The Kier molecular flexibility index (Phi) is 3.87. The van der Waals surface area contributed by atoms with Crippen LogP contribution in [0.1, 0.15) is 30.8 Å².